The molecule has 0 fully saturated rings. The number of ether oxygens (including phenoxy) is 2. The normalized spacial score (nSPS) is 20.0. The lowest BCUT2D eigenvalue weighted by Gasteiger charge is -2.40. The Hall–Kier alpha value is -1.95. The molecule has 0 spiro atoms. The summed E-state index contributed by atoms with van der Waals surface area (Å²) >= 11 is 0. The second kappa shape index (κ2) is 9.83. The van der Waals surface area contributed by atoms with Crippen molar-refractivity contribution in [3.05, 3.63) is 23.3 Å². The van der Waals surface area contributed by atoms with Gasteiger partial charge in [-0.2, -0.15) is 0 Å². The number of urea groups is 1. The minimum Gasteiger partial charge on any atom is -0.493 e. The fourth-order valence-corrected chi connectivity index (χ4v) is 4.03. The van der Waals surface area contributed by atoms with Crippen molar-refractivity contribution in [2.45, 2.75) is 52.6 Å². The van der Waals surface area contributed by atoms with Crippen LogP contribution in [-0.4, -0.2) is 45.9 Å². The summed E-state index contributed by atoms with van der Waals surface area (Å²) in [5.41, 5.74) is 2.54. The summed E-state index contributed by atoms with van der Waals surface area (Å²) in [5, 5.41) is 6.20. The maximum Gasteiger partial charge on any atom is 0.315 e. The Kier molecular flexibility index (Phi) is 7.78. The first-order valence-corrected chi connectivity index (χ1v) is 10.1. The first-order chi connectivity index (χ1) is 13.0. The Morgan fingerprint density at radius 3 is 2.44 bits per heavy atom. The van der Waals surface area contributed by atoms with Gasteiger partial charge >= 0.3 is 6.03 Å². The van der Waals surface area contributed by atoms with Crippen molar-refractivity contribution in [3.63, 3.8) is 0 Å². The maximum atomic E-state index is 12.4. The van der Waals surface area contributed by atoms with Crippen molar-refractivity contribution in [1.29, 1.82) is 0 Å². The predicted octanol–water partition coefficient (Wildman–Crippen LogP) is 1.94. The van der Waals surface area contributed by atoms with Gasteiger partial charge in [0.1, 0.15) is 6.04 Å². The number of rotatable bonds is 8. The van der Waals surface area contributed by atoms with Crippen LogP contribution in [0.3, 0.4) is 0 Å². The van der Waals surface area contributed by atoms with E-state index in [-0.39, 0.29) is 18.1 Å². The summed E-state index contributed by atoms with van der Waals surface area (Å²) in [4.78, 5) is 13.9. The van der Waals surface area contributed by atoms with Crippen LogP contribution in [-0.2, 0) is 6.42 Å². The van der Waals surface area contributed by atoms with Gasteiger partial charge < -0.3 is 25.0 Å². The summed E-state index contributed by atoms with van der Waals surface area (Å²) < 4.78 is 11.1. The average molecular weight is 379 g/mol. The molecule has 0 saturated heterocycles. The van der Waals surface area contributed by atoms with E-state index in [1.807, 2.05) is 0 Å². The van der Waals surface area contributed by atoms with Crippen LogP contribution in [0.25, 0.3) is 0 Å². The van der Waals surface area contributed by atoms with Crippen molar-refractivity contribution in [2.24, 2.45) is 5.92 Å². The second-order valence-electron chi connectivity index (χ2n) is 7.57. The molecule has 1 unspecified atom stereocenters. The molecule has 6 heteroatoms. The van der Waals surface area contributed by atoms with Crippen LogP contribution in [0, 0.1) is 5.92 Å². The minimum absolute atomic E-state index is 0.0361. The number of hydrogen-bond donors (Lipinski definition) is 3. The zero-order valence-corrected chi connectivity index (χ0v) is 17.6. The van der Waals surface area contributed by atoms with Gasteiger partial charge in [0.25, 0.3) is 0 Å². The number of nitrogens with one attached hydrogen (secondary N) is 3. The lowest BCUT2D eigenvalue weighted by Crippen LogP contribution is -3.14. The fourth-order valence-electron chi connectivity index (χ4n) is 4.03. The van der Waals surface area contributed by atoms with E-state index in [2.05, 4.69) is 50.5 Å². The van der Waals surface area contributed by atoms with Gasteiger partial charge in [0.15, 0.2) is 11.5 Å². The van der Waals surface area contributed by atoms with Gasteiger partial charge in [-0.15, -0.1) is 0 Å². The maximum absolute atomic E-state index is 12.4. The summed E-state index contributed by atoms with van der Waals surface area (Å²) in [6, 6.07) is 4.34. The van der Waals surface area contributed by atoms with Crippen LogP contribution < -0.4 is 25.0 Å². The summed E-state index contributed by atoms with van der Waals surface area (Å²) in [5.74, 6) is 1.82. The van der Waals surface area contributed by atoms with Gasteiger partial charge in [-0.1, -0.05) is 20.8 Å². The molecule has 0 aliphatic carbocycles. The molecule has 0 radical (unpaired) electrons. The monoisotopic (exact) mass is 378 g/mol. The van der Waals surface area contributed by atoms with Crippen LogP contribution in [0.1, 0.15) is 51.3 Å². The first kappa shape index (κ1) is 21.4. The molecule has 152 valence electrons. The van der Waals surface area contributed by atoms with Gasteiger partial charge in [-0.05, 0) is 37.0 Å². The largest absolute Gasteiger partial charge is 0.493 e. The molecule has 1 heterocycles. The quantitative estimate of drug-likeness (QED) is 0.648. The van der Waals surface area contributed by atoms with E-state index in [9.17, 15) is 4.79 Å². The number of methoxy groups -OCH3 is 2. The highest BCUT2D eigenvalue weighted by Crippen LogP contribution is 2.35. The van der Waals surface area contributed by atoms with Crippen molar-refractivity contribution < 1.29 is 19.2 Å². The molecule has 0 aromatic heterocycles. The van der Waals surface area contributed by atoms with Gasteiger partial charge in [0, 0.05) is 18.5 Å². The smallest absolute Gasteiger partial charge is 0.315 e. The van der Waals surface area contributed by atoms with Crippen LogP contribution in [0.15, 0.2) is 12.1 Å². The number of carbonyl (C=O) groups is 1. The third-order valence-corrected chi connectivity index (χ3v) is 5.50. The minimum atomic E-state index is -0.0846. The Morgan fingerprint density at radius 1 is 1.22 bits per heavy atom. The summed E-state index contributed by atoms with van der Waals surface area (Å²) in [6.07, 6.45) is 1.93. The molecule has 3 atom stereocenters. The van der Waals surface area contributed by atoms with E-state index in [0.717, 1.165) is 37.4 Å². The topological polar surface area (TPSA) is 64.0 Å². The molecule has 0 bridgehead atoms. The number of hydrogen-bond acceptors (Lipinski definition) is 3. The van der Waals surface area contributed by atoms with Gasteiger partial charge in [0.2, 0.25) is 0 Å². The molecule has 1 aromatic carbocycles. The van der Waals surface area contributed by atoms with E-state index in [1.165, 1.54) is 16.0 Å². The first-order valence-electron chi connectivity index (χ1n) is 10.1. The number of likely N-dealkylation sites (N-methyl/N-ethyl adjacent to an activating group) is 1. The molecule has 1 aliphatic rings. The Bertz CT molecular complexity index is 633. The van der Waals surface area contributed by atoms with E-state index < -0.39 is 0 Å². The number of carbonyl (C=O) groups excluding carboxylic acids is 1. The summed E-state index contributed by atoms with van der Waals surface area (Å²) in [7, 11) is 3.34. The Balaban J connectivity index is 2.43. The van der Waals surface area contributed by atoms with Crippen LogP contribution >= 0.6 is 0 Å². The average Bonchev–Trinajstić information content (AvgIpc) is 2.68. The molecule has 6 nitrogen and oxygen atoms in total. The number of fused-ring (bicyclic) bond motifs is 1. The number of amides is 2. The van der Waals surface area contributed by atoms with Gasteiger partial charge in [0.05, 0.1) is 33.4 Å². The number of benzene rings is 1. The summed E-state index contributed by atoms with van der Waals surface area (Å²) in [6.45, 7) is 11.4. The SMILES string of the molecule is CCCNC(=O)N[C@@H](C(C)C)[C@H]1c2cc(OC)c(OC)cc2CC[NH+]1CC. The molecule has 1 aromatic rings. The molecular weight excluding hydrogens is 342 g/mol. The zero-order chi connectivity index (χ0) is 20.0. The third-order valence-electron chi connectivity index (χ3n) is 5.50. The van der Waals surface area contributed by atoms with Crippen molar-refractivity contribution in [3.8, 4) is 11.5 Å². The molecule has 0 saturated carbocycles. The standard InChI is InChI=1S/C21H35N3O3/c1-7-10-22-21(25)23-19(14(3)4)20-16-13-18(27-6)17(26-5)12-15(16)9-11-24(20)8-2/h12-14,19-20H,7-11H2,1-6H3,(H2,22,23,25)/p+1/t19-,20+/m0/s1. The van der Waals surface area contributed by atoms with E-state index in [0.29, 0.717) is 12.5 Å². The molecular formula is C21H36N3O3+. The lowest BCUT2D eigenvalue weighted by molar-refractivity contribution is -0.934. The van der Waals surface area contributed by atoms with E-state index in [1.54, 1.807) is 14.2 Å². The molecule has 27 heavy (non-hydrogen) atoms. The van der Waals surface area contributed by atoms with Crippen LogP contribution in [0.4, 0.5) is 4.79 Å². The van der Waals surface area contributed by atoms with Crippen molar-refractivity contribution in [2.75, 3.05) is 33.9 Å². The van der Waals surface area contributed by atoms with Gasteiger partial charge in [-0.3, -0.25) is 0 Å². The fraction of sp³-hybridized carbons (Fsp3) is 0.667. The Labute approximate surface area is 163 Å². The van der Waals surface area contributed by atoms with E-state index in [4.69, 9.17) is 9.47 Å². The molecule has 2 amide bonds. The highest BCUT2D eigenvalue weighted by atomic mass is 16.5. The highest BCUT2D eigenvalue weighted by molar-refractivity contribution is 5.74. The number of quaternary nitrogens is 1. The zero-order valence-electron chi connectivity index (χ0n) is 17.6. The predicted molar refractivity (Wildman–Crippen MR) is 108 cm³/mol. The Morgan fingerprint density at radius 2 is 1.89 bits per heavy atom. The van der Waals surface area contributed by atoms with Crippen molar-refractivity contribution in [1.82, 2.24) is 10.6 Å². The molecule has 1 aliphatic heterocycles. The second-order valence-corrected chi connectivity index (χ2v) is 7.57. The molecule has 3 N–H and O–H groups in total. The molecule has 2 rings (SSSR count). The van der Waals surface area contributed by atoms with E-state index >= 15 is 0 Å². The van der Waals surface area contributed by atoms with Crippen LogP contribution in [0.2, 0.25) is 0 Å². The highest BCUT2D eigenvalue weighted by Gasteiger charge is 2.39. The lowest BCUT2D eigenvalue weighted by atomic mass is 9.83. The third kappa shape index (κ3) is 4.86. The van der Waals surface area contributed by atoms with Gasteiger partial charge in [-0.25, -0.2) is 4.79 Å². The van der Waals surface area contributed by atoms with Crippen LogP contribution in [0.5, 0.6) is 11.5 Å². The van der Waals surface area contributed by atoms with Crippen molar-refractivity contribution >= 4 is 6.03 Å².